The number of hydrogen-bond acceptors (Lipinski definition) is 3. The van der Waals surface area contributed by atoms with Crippen molar-refractivity contribution < 1.29 is 9.84 Å². The highest BCUT2D eigenvalue weighted by atomic mass is 16.5. The van der Waals surface area contributed by atoms with E-state index in [9.17, 15) is 5.11 Å². The van der Waals surface area contributed by atoms with Crippen molar-refractivity contribution in [3.8, 4) is 5.75 Å². The average Bonchev–Trinajstić information content (AvgIpc) is 2.42. The van der Waals surface area contributed by atoms with Gasteiger partial charge in [0.1, 0.15) is 5.75 Å². The van der Waals surface area contributed by atoms with Crippen molar-refractivity contribution in [2.75, 3.05) is 13.2 Å². The smallest absolute Gasteiger partial charge is 0.119 e. The first-order valence-electron chi connectivity index (χ1n) is 7.16. The van der Waals surface area contributed by atoms with Crippen LogP contribution in [0.25, 0.3) is 0 Å². The van der Waals surface area contributed by atoms with Crippen molar-refractivity contribution in [3.63, 3.8) is 0 Å². The maximum atomic E-state index is 9.21. The van der Waals surface area contributed by atoms with Crippen molar-refractivity contribution in [3.05, 3.63) is 29.8 Å². The highest BCUT2D eigenvalue weighted by molar-refractivity contribution is 5.29. The molecule has 1 rings (SSSR count). The molecule has 2 N–H and O–H groups in total. The molecular formula is C16H27NO2. The molecular weight excluding hydrogens is 238 g/mol. The fourth-order valence-corrected chi connectivity index (χ4v) is 1.87. The molecule has 1 unspecified atom stereocenters. The summed E-state index contributed by atoms with van der Waals surface area (Å²) in [6, 6.07) is 8.57. The number of nitrogens with one attached hydrogen (secondary N) is 1. The van der Waals surface area contributed by atoms with Gasteiger partial charge in [-0.25, -0.2) is 0 Å². The Labute approximate surface area is 117 Å². The van der Waals surface area contributed by atoms with E-state index < -0.39 is 0 Å². The minimum absolute atomic E-state index is 0.159. The Morgan fingerprint density at radius 2 is 1.79 bits per heavy atom. The quantitative estimate of drug-likeness (QED) is 0.758. The maximum absolute atomic E-state index is 9.21. The van der Waals surface area contributed by atoms with Crippen molar-refractivity contribution in [1.29, 1.82) is 0 Å². The second-order valence-electron chi connectivity index (χ2n) is 5.45. The van der Waals surface area contributed by atoms with E-state index in [1.54, 1.807) is 0 Å². The molecule has 0 saturated heterocycles. The molecule has 0 radical (unpaired) electrons. The number of aliphatic hydroxyl groups excluding tert-OH is 1. The third kappa shape index (κ3) is 5.62. The Balaban J connectivity index is 2.55. The average molecular weight is 265 g/mol. The summed E-state index contributed by atoms with van der Waals surface area (Å²) in [5.41, 5.74) is 1.21. The van der Waals surface area contributed by atoms with E-state index in [0.717, 1.165) is 18.8 Å². The molecule has 1 aromatic carbocycles. The van der Waals surface area contributed by atoms with Gasteiger partial charge in [-0.1, -0.05) is 32.9 Å². The highest BCUT2D eigenvalue weighted by Crippen LogP contribution is 2.18. The molecule has 0 aliphatic heterocycles. The summed E-state index contributed by atoms with van der Waals surface area (Å²) in [7, 11) is 0. The van der Waals surface area contributed by atoms with E-state index in [1.807, 2.05) is 12.1 Å². The lowest BCUT2D eigenvalue weighted by atomic mass is 10.1. The number of rotatable bonds is 8. The molecule has 3 nitrogen and oxygen atoms in total. The second kappa shape index (κ2) is 8.18. The van der Waals surface area contributed by atoms with Crippen LogP contribution in [0.1, 0.15) is 45.7 Å². The van der Waals surface area contributed by atoms with Crippen molar-refractivity contribution in [2.45, 2.75) is 46.2 Å². The van der Waals surface area contributed by atoms with Gasteiger partial charge in [0.15, 0.2) is 0 Å². The first kappa shape index (κ1) is 16.0. The molecule has 0 spiro atoms. The number of ether oxygens (including phenoxy) is 1. The molecule has 0 fully saturated rings. The van der Waals surface area contributed by atoms with Crippen LogP contribution in [0.4, 0.5) is 0 Å². The Kier molecular flexibility index (Phi) is 6.89. The Morgan fingerprint density at radius 1 is 1.16 bits per heavy atom. The first-order chi connectivity index (χ1) is 9.06. The van der Waals surface area contributed by atoms with Crippen molar-refractivity contribution >= 4 is 0 Å². The summed E-state index contributed by atoms with van der Waals surface area (Å²) in [6.07, 6.45) is 0.927. The monoisotopic (exact) mass is 265 g/mol. The summed E-state index contributed by atoms with van der Waals surface area (Å²) in [5, 5.41) is 12.6. The Morgan fingerprint density at radius 3 is 2.26 bits per heavy atom. The van der Waals surface area contributed by atoms with Crippen LogP contribution in [-0.4, -0.2) is 24.4 Å². The molecule has 1 aromatic rings. The maximum Gasteiger partial charge on any atom is 0.119 e. The fourth-order valence-electron chi connectivity index (χ4n) is 1.87. The molecule has 0 aromatic heterocycles. The zero-order valence-electron chi connectivity index (χ0n) is 12.5. The lowest BCUT2D eigenvalue weighted by molar-refractivity contribution is 0.230. The van der Waals surface area contributed by atoms with E-state index in [2.05, 4.69) is 45.1 Å². The van der Waals surface area contributed by atoms with Gasteiger partial charge >= 0.3 is 0 Å². The van der Waals surface area contributed by atoms with E-state index in [0.29, 0.717) is 5.92 Å². The number of hydrogen-bond donors (Lipinski definition) is 2. The fraction of sp³-hybridized carbons (Fsp3) is 0.625. The molecule has 3 heteroatoms. The summed E-state index contributed by atoms with van der Waals surface area (Å²) >= 11 is 0. The third-order valence-corrected chi connectivity index (χ3v) is 3.16. The summed E-state index contributed by atoms with van der Waals surface area (Å²) in [5.74, 6) is 1.45. The normalized spacial score (nSPS) is 14.4. The minimum Gasteiger partial charge on any atom is -0.493 e. The standard InChI is InChI=1S/C16H27NO2/c1-5-15(10-18)17-13(4)14-6-8-16(9-7-14)19-11-12(2)3/h6-9,12-13,15,17-18H,5,10-11H2,1-4H3/t13?,15-/m0/s1. The van der Waals surface area contributed by atoms with Crippen LogP contribution in [0.15, 0.2) is 24.3 Å². The van der Waals surface area contributed by atoms with E-state index in [1.165, 1.54) is 5.56 Å². The molecule has 19 heavy (non-hydrogen) atoms. The van der Waals surface area contributed by atoms with Crippen LogP contribution in [0.5, 0.6) is 5.75 Å². The Bertz CT molecular complexity index is 344. The van der Waals surface area contributed by atoms with Crippen LogP contribution < -0.4 is 10.1 Å². The van der Waals surface area contributed by atoms with Crippen LogP contribution in [0, 0.1) is 5.92 Å². The lowest BCUT2D eigenvalue weighted by Crippen LogP contribution is -2.33. The molecule has 2 atom stereocenters. The first-order valence-corrected chi connectivity index (χ1v) is 7.16. The summed E-state index contributed by atoms with van der Waals surface area (Å²) < 4.78 is 5.67. The number of benzene rings is 1. The summed E-state index contributed by atoms with van der Waals surface area (Å²) in [6.45, 7) is 9.39. The van der Waals surface area contributed by atoms with E-state index >= 15 is 0 Å². The zero-order chi connectivity index (χ0) is 14.3. The molecule has 0 aliphatic carbocycles. The highest BCUT2D eigenvalue weighted by Gasteiger charge is 2.10. The van der Waals surface area contributed by atoms with E-state index in [-0.39, 0.29) is 18.7 Å². The molecule has 0 heterocycles. The van der Waals surface area contributed by atoms with Gasteiger partial charge in [-0.05, 0) is 37.0 Å². The molecule has 108 valence electrons. The van der Waals surface area contributed by atoms with Crippen molar-refractivity contribution in [2.24, 2.45) is 5.92 Å². The van der Waals surface area contributed by atoms with Gasteiger partial charge in [-0.15, -0.1) is 0 Å². The molecule has 0 amide bonds. The van der Waals surface area contributed by atoms with Crippen LogP contribution in [-0.2, 0) is 0 Å². The van der Waals surface area contributed by atoms with Gasteiger partial charge < -0.3 is 15.2 Å². The molecule has 0 bridgehead atoms. The predicted molar refractivity (Wildman–Crippen MR) is 79.5 cm³/mol. The van der Waals surface area contributed by atoms with E-state index in [4.69, 9.17) is 4.74 Å². The predicted octanol–water partition coefficient (Wildman–Crippen LogP) is 3.14. The lowest BCUT2D eigenvalue weighted by Gasteiger charge is -2.21. The zero-order valence-corrected chi connectivity index (χ0v) is 12.5. The minimum atomic E-state index is 0.159. The van der Waals surface area contributed by atoms with Crippen LogP contribution in [0.2, 0.25) is 0 Å². The van der Waals surface area contributed by atoms with Gasteiger partial charge in [0, 0.05) is 12.1 Å². The summed E-state index contributed by atoms with van der Waals surface area (Å²) in [4.78, 5) is 0. The SMILES string of the molecule is CC[C@@H](CO)NC(C)c1ccc(OCC(C)C)cc1. The van der Waals surface area contributed by atoms with Gasteiger partial charge in [0.05, 0.1) is 13.2 Å². The second-order valence-corrected chi connectivity index (χ2v) is 5.45. The van der Waals surface area contributed by atoms with Crippen molar-refractivity contribution in [1.82, 2.24) is 5.32 Å². The topological polar surface area (TPSA) is 41.5 Å². The molecule has 0 saturated carbocycles. The van der Waals surface area contributed by atoms with Gasteiger partial charge in [0.2, 0.25) is 0 Å². The third-order valence-electron chi connectivity index (χ3n) is 3.16. The van der Waals surface area contributed by atoms with Crippen LogP contribution >= 0.6 is 0 Å². The van der Waals surface area contributed by atoms with Gasteiger partial charge in [-0.3, -0.25) is 0 Å². The Hall–Kier alpha value is -1.06. The number of aliphatic hydroxyl groups is 1. The van der Waals surface area contributed by atoms with Gasteiger partial charge in [-0.2, -0.15) is 0 Å². The van der Waals surface area contributed by atoms with Crippen LogP contribution in [0.3, 0.4) is 0 Å². The largest absolute Gasteiger partial charge is 0.493 e. The molecule has 0 aliphatic rings. The van der Waals surface area contributed by atoms with Gasteiger partial charge in [0.25, 0.3) is 0 Å².